The zero-order chi connectivity index (χ0) is 23.9. The zero-order valence-electron chi connectivity index (χ0n) is 19.2. The van der Waals surface area contributed by atoms with Crippen molar-refractivity contribution in [1.82, 2.24) is 4.98 Å². The van der Waals surface area contributed by atoms with Gasteiger partial charge in [0.05, 0.1) is 11.3 Å². The van der Waals surface area contributed by atoms with E-state index >= 15 is 0 Å². The summed E-state index contributed by atoms with van der Waals surface area (Å²) in [5, 5.41) is 13.6. The molecule has 0 aliphatic heterocycles. The minimum absolute atomic E-state index is 0.0535. The lowest BCUT2D eigenvalue weighted by Gasteiger charge is -2.13. The molecule has 168 valence electrons. The van der Waals surface area contributed by atoms with E-state index in [2.05, 4.69) is 11.4 Å². The second kappa shape index (κ2) is 10.8. The maximum Gasteiger partial charge on any atom is 0.225 e. The first-order valence-electron chi connectivity index (χ1n) is 11.1. The summed E-state index contributed by atoms with van der Waals surface area (Å²) in [6.07, 6.45) is 0.320. The van der Waals surface area contributed by atoms with Crippen molar-refractivity contribution >= 4 is 23.4 Å². The van der Waals surface area contributed by atoms with E-state index in [9.17, 15) is 10.1 Å². The first-order chi connectivity index (χ1) is 16.6. The zero-order valence-corrected chi connectivity index (χ0v) is 20.0. The van der Waals surface area contributed by atoms with Crippen molar-refractivity contribution in [1.29, 1.82) is 5.26 Å². The van der Waals surface area contributed by atoms with E-state index in [-0.39, 0.29) is 5.91 Å². The topological polar surface area (TPSA) is 65.8 Å². The maximum absolute atomic E-state index is 12.6. The van der Waals surface area contributed by atoms with Gasteiger partial charge in [-0.25, -0.2) is 4.98 Å². The predicted molar refractivity (Wildman–Crippen MR) is 140 cm³/mol. The number of nitrogens with one attached hydrogen (secondary N) is 1. The molecular weight excluding hydrogens is 438 g/mol. The molecule has 0 fully saturated rings. The first kappa shape index (κ1) is 23.3. The van der Waals surface area contributed by atoms with Crippen LogP contribution in [0, 0.1) is 25.2 Å². The Morgan fingerprint density at radius 3 is 2.29 bits per heavy atom. The Labute approximate surface area is 204 Å². The van der Waals surface area contributed by atoms with Crippen molar-refractivity contribution in [3.8, 4) is 28.5 Å². The number of aryl methyl sites for hydroxylation is 1. The van der Waals surface area contributed by atoms with Crippen molar-refractivity contribution < 1.29 is 4.79 Å². The van der Waals surface area contributed by atoms with Gasteiger partial charge >= 0.3 is 0 Å². The number of carbonyl (C=O) groups is 1. The Morgan fingerprint density at radius 2 is 1.62 bits per heavy atom. The van der Waals surface area contributed by atoms with E-state index in [0.29, 0.717) is 22.8 Å². The number of anilines is 1. The molecule has 3 aromatic carbocycles. The van der Waals surface area contributed by atoms with Crippen molar-refractivity contribution in [2.24, 2.45) is 0 Å². The lowest BCUT2D eigenvalue weighted by Crippen LogP contribution is -2.13. The van der Waals surface area contributed by atoms with Gasteiger partial charge in [0, 0.05) is 29.0 Å². The highest BCUT2D eigenvalue weighted by Crippen LogP contribution is 2.34. The van der Waals surface area contributed by atoms with Gasteiger partial charge in [-0.2, -0.15) is 5.26 Å². The van der Waals surface area contributed by atoms with Crippen molar-refractivity contribution in [3.05, 3.63) is 102 Å². The average Bonchev–Trinajstić information content (AvgIpc) is 2.87. The van der Waals surface area contributed by atoms with Gasteiger partial charge in [0.15, 0.2) is 0 Å². The van der Waals surface area contributed by atoms with Gasteiger partial charge in [0.1, 0.15) is 11.1 Å². The highest BCUT2D eigenvalue weighted by atomic mass is 32.2. The van der Waals surface area contributed by atoms with Gasteiger partial charge in [-0.1, -0.05) is 72.8 Å². The minimum atomic E-state index is -0.0535. The highest BCUT2D eigenvalue weighted by molar-refractivity contribution is 7.99. The lowest BCUT2D eigenvalue weighted by molar-refractivity contribution is -0.115. The summed E-state index contributed by atoms with van der Waals surface area (Å²) in [7, 11) is 0. The van der Waals surface area contributed by atoms with Crippen LogP contribution < -0.4 is 5.32 Å². The third kappa shape index (κ3) is 5.36. The fraction of sp³-hybridized carbons (Fsp3) is 0.138. The van der Waals surface area contributed by atoms with Gasteiger partial charge < -0.3 is 5.32 Å². The monoisotopic (exact) mass is 463 g/mol. The molecule has 0 bridgehead atoms. The van der Waals surface area contributed by atoms with E-state index in [1.807, 2.05) is 98.8 Å². The molecule has 5 heteroatoms. The minimum Gasteiger partial charge on any atom is -0.326 e. The normalized spacial score (nSPS) is 10.5. The van der Waals surface area contributed by atoms with E-state index in [1.54, 1.807) is 0 Å². The van der Waals surface area contributed by atoms with Crippen molar-refractivity contribution in [2.45, 2.75) is 25.3 Å². The molecule has 0 saturated heterocycles. The molecule has 34 heavy (non-hydrogen) atoms. The third-order valence-corrected chi connectivity index (χ3v) is 6.68. The summed E-state index contributed by atoms with van der Waals surface area (Å²) in [5.74, 6) is 0.465. The highest BCUT2D eigenvalue weighted by Gasteiger charge is 2.16. The number of rotatable bonds is 7. The van der Waals surface area contributed by atoms with Crippen LogP contribution in [0.25, 0.3) is 22.4 Å². The van der Waals surface area contributed by atoms with E-state index in [4.69, 9.17) is 4.98 Å². The van der Waals surface area contributed by atoms with Crippen LogP contribution in [0.2, 0.25) is 0 Å². The summed E-state index contributed by atoms with van der Waals surface area (Å²) in [6.45, 7) is 4.03. The first-order valence-corrected chi connectivity index (χ1v) is 12.1. The Bertz CT molecular complexity index is 1350. The molecule has 1 heterocycles. The molecule has 0 unspecified atom stereocenters. The average molecular weight is 464 g/mol. The Balaban J connectivity index is 1.58. The van der Waals surface area contributed by atoms with Gasteiger partial charge in [0.25, 0.3) is 0 Å². The summed E-state index contributed by atoms with van der Waals surface area (Å²) < 4.78 is 0. The van der Waals surface area contributed by atoms with E-state index in [1.165, 1.54) is 11.8 Å². The quantitative estimate of drug-likeness (QED) is 0.299. The SMILES string of the molecule is Cc1cccc(NC(=O)CCSc2nc(-c3ccccc3)cc(-c3ccccc3)c2C#N)c1C. The summed E-state index contributed by atoms with van der Waals surface area (Å²) in [6, 6.07) is 30.0. The molecule has 0 spiro atoms. The molecule has 0 aliphatic carbocycles. The molecule has 0 saturated carbocycles. The maximum atomic E-state index is 12.6. The Kier molecular flexibility index (Phi) is 7.41. The van der Waals surface area contributed by atoms with Crippen LogP contribution in [-0.2, 0) is 4.79 Å². The third-order valence-electron chi connectivity index (χ3n) is 5.70. The molecule has 0 aliphatic rings. The standard InChI is InChI=1S/C29H25N3OS/c1-20-10-9-15-26(21(20)2)31-28(33)16-17-34-29-25(19-30)24(22-11-5-3-6-12-22)18-27(32-29)23-13-7-4-8-14-23/h3-15,18H,16-17H2,1-2H3,(H,31,33). The molecule has 1 N–H and O–H groups in total. The van der Waals surface area contributed by atoms with Crippen LogP contribution in [-0.4, -0.2) is 16.6 Å². The molecule has 4 rings (SSSR count). The van der Waals surface area contributed by atoms with Crippen LogP contribution >= 0.6 is 11.8 Å². The van der Waals surface area contributed by atoms with Crippen molar-refractivity contribution in [3.63, 3.8) is 0 Å². The molecule has 0 atom stereocenters. The Morgan fingerprint density at radius 1 is 0.941 bits per heavy atom. The largest absolute Gasteiger partial charge is 0.326 e. The molecular formula is C29H25N3OS. The van der Waals surface area contributed by atoms with E-state index < -0.39 is 0 Å². The molecule has 0 radical (unpaired) electrons. The fourth-order valence-corrected chi connectivity index (χ4v) is 4.62. The summed E-state index contributed by atoms with van der Waals surface area (Å²) in [4.78, 5) is 17.4. The molecule has 4 nitrogen and oxygen atoms in total. The van der Waals surface area contributed by atoms with Gasteiger partial charge in [0.2, 0.25) is 5.91 Å². The van der Waals surface area contributed by atoms with Crippen LogP contribution in [0.4, 0.5) is 5.69 Å². The number of pyridine rings is 1. The number of nitriles is 1. The van der Waals surface area contributed by atoms with Crippen molar-refractivity contribution in [2.75, 3.05) is 11.1 Å². The molecule has 1 aromatic heterocycles. The number of nitrogens with zero attached hydrogens (tertiary/aromatic N) is 2. The second-order valence-corrected chi connectivity index (χ2v) is 9.06. The van der Waals surface area contributed by atoms with Crippen LogP contribution in [0.1, 0.15) is 23.1 Å². The number of amides is 1. The van der Waals surface area contributed by atoms with Crippen LogP contribution in [0.3, 0.4) is 0 Å². The molecule has 4 aromatic rings. The van der Waals surface area contributed by atoms with Gasteiger partial charge in [-0.05, 0) is 42.7 Å². The predicted octanol–water partition coefficient (Wildman–Crippen LogP) is 7.03. The summed E-state index contributed by atoms with van der Waals surface area (Å²) in [5.41, 5.74) is 7.18. The second-order valence-electron chi connectivity index (χ2n) is 7.97. The summed E-state index contributed by atoms with van der Waals surface area (Å²) >= 11 is 1.44. The lowest BCUT2D eigenvalue weighted by atomic mass is 9.99. The number of carbonyl (C=O) groups excluding carboxylic acids is 1. The number of benzene rings is 3. The van der Waals surface area contributed by atoms with Gasteiger partial charge in [-0.3, -0.25) is 4.79 Å². The van der Waals surface area contributed by atoms with Crippen LogP contribution in [0.15, 0.2) is 90.0 Å². The van der Waals surface area contributed by atoms with E-state index in [0.717, 1.165) is 39.2 Å². The number of thioether (sulfide) groups is 1. The number of hydrogen-bond donors (Lipinski definition) is 1. The number of aromatic nitrogens is 1. The van der Waals surface area contributed by atoms with Crippen LogP contribution in [0.5, 0.6) is 0 Å². The smallest absolute Gasteiger partial charge is 0.225 e. The molecule has 1 amide bonds. The number of hydrogen-bond acceptors (Lipinski definition) is 4. The Hall–Kier alpha value is -3.88. The van der Waals surface area contributed by atoms with Gasteiger partial charge in [-0.15, -0.1) is 11.8 Å². The fourth-order valence-electron chi connectivity index (χ4n) is 3.68.